The highest BCUT2D eigenvalue weighted by molar-refractivity contribution is 5.91. The summed E-state index contributed by atoms with van der Waals surface area (Å²) in [6.45, 7) is 6.33. The Balaban J connectivity index is 1.70. The molecule has 26 heavy (non-hydrogen) atoms. The van der Waals surface area contributed by atoms with E-state index in [2.05, 4.69) is 41.2 Å². The zero-order valence-corrected chi connectivity index (χ0v) is 14.8. The molecular formula is C20H21N4O2-. The number of imidazole rings is 1. The highest BCUT2D eigenvalue weighted by Gasteiger charge is 2.21. The lowest BCUT2D eigenvalue weighted by atomic mass is 10.1. The Labute approximate surface area is 152 Å². The molecular weight excluding hydrogens is 328 g/mol. The number of nitrogens with zero attached hydrogens (tertiary/aromatic N) is 3. The van der Waals surface area contributed by atoms with Crippen LogP contribution in [-0.4, -0.2) is 40.7 Å². The molecule has 0 saturated carbocycles. The Morgan fingerprint density at radius 1 is 1.12 bits per heavy atom. The maximum Gasteiger partial charge on any atom is 0.100 e. The van der Waals surface area contributed by atoms with Gasteiger partial charge in [-0.2, -0.15) is 0 Å². The molecule has 1 N–H and O–H groups in total. The number of carboxylic acid groups (broad SMARTS) is 1. The van der Waals surface area contributed by atoms with Crippen LogP contribution in [-0.2, 0) is 0 Å². The minimum absolute atomic E-state index is 0.139. The molecule has 6 heteroatoms. The van der Waals surface area contributed by atoms with Crippen molar-refractivity contribution in [1.82, 2.24) is 14.9 Å². The number of rotatable bonds is 3. The average Bonchev–Trinajstić information content (AvgIpc) is 3.04. The molecule has 1 aliphatic rings. The second-order valence-electron chi connectivity index (χ2n) is 7.00. The van der Waals surface area contributed by atoms with Crippen molar-refractivity contribution in [2.45, 2.75) is 25.9 Å². The van der Waals surface area contributed by atoms with Crippen LogP contribution in [0, 0.1) is 0 Å². The first-order chi connectivity index (χ1) is 12.5. The van der Waals surface area contributed by atoms with Gasteiger partial charge in [-0.05, 0) is 49.7 Å². The molecule has 6 nitrogen and oxygen atoms in total. The normalized spacial score (nSPS) is 20.5. The van der Waals surface area contributed by atoms with E-state index in [9.17, 15) is 9.90 Å². The molecule has 0 bridgehead atoms. The second-order valence-corrected chi connectivity index (χ2v) is 7.00. The summed E-state index contributed by atoms with van der Waals surface area (Å²) < 4.78 is 1.98. The van der Waals surface area contributed by atoms with Crippen LogP contribution in [0.2, 0.25) is 0 Å². The zero-order valence-electron chi connectivity index (χ0n) is 14.8. The van der Waals surface area contributed by atoms with Gasteiger partial charge in [0.15, 0.2) is 0 Å². The van der Waals surface area contributed by atoms with Gasteiger partial charge >= 0.3 is 0 Å². The highest BCUT2D eigenvalue weighted by Crippen LogP contribution is 2.24. The lowest BCUT2D eigenvalue weighted by Gasteiger charge is -2.37. The van der Waals surface area contributed by atoms with Crippen molar-refractivity contribution >= 4 is 22.7 Å². The van der Waals surface area contributed by atoms with Gasteiger partial charge in [-0.15, -0.1) is 0 Å². The summed E-state index contributed by atoms with van der Waals surface area (Å²) in [5, 5.41) is 14.6. The summed E-state index contributed by atoms with van der Waals surface area (Å²) in [6, 6.07) is 14.1. The van der Waals surface area contributed by atoms with E-state index in [0.29, 0.717) is 17.6 Å². The fourth-order valence-electron chi connectivity index (χ4n) is 3.72. The van der Waals surface area contributed by atoms with E-state index >= 15 is 0 Å². The zero-order chi connectivity index (χ0) is 18.3. The Morgan fingerprint density at radius 3 is 2.58 bits per heavy atom. The van der Waals surface area contributed by atoms with E-state index in [1.54, 1.807) is 24.5 Å². The lowest BCUT2D eigenvalue weighted by molar-refractivity contribution is -0.255. The number of piperazine rings is 1. The number of aromatic carboxylic acids is 1. The van der Waals surface area contributed by atoms with Crippen molar-refractivity contribution in [3.63, 3.8) is 0 Å². The highest BCUT2D eigenvalue weighted by atomic mass is 16.4. The Bertz CT molecular complexity index is 955. The summed E-state index contributed by atoms with van der Waals surface area (Å²) in [6.07, 6.45) is 1.73. The van der Waals surface area contributed by atoms with Gasteiger partial charge in [-0.1, -0.05) is 12.1 Å². The number of carboxylic acids is 1. The van der Waals surface area contributed by atoms with Gasteiger partial charge in [0.25, 0.3) is 0 Å². The fraction of sp³-hybridized carbons (Fsp3) is 0.300. The topological polar surface area (TPSA) is 73.2 Å². The minimum atomic E-state index is -1.19. The summed E-state index contributed by atoms with van der Waals surface area (Å²) >= 11 is 0. The number of carbonyl (C=O) groups is 1. The van der Waals surface area contributed by atoms with Crippen LogP contribution in [0.25, 0.3) is 16.7 Å². The van der Waals surface area contributed by atoms with E-state index in [1.807, 2.05) is 16.7 Å². The Kier molecular flexibility index (Phi) is 4.12. The van der Waals surface area contributed by atoms with Crippen molar-refractivity contribution in [1.29, 1.82) is 0 Å². The van der Waals surface area contributed by atoms with Crippen molar-refractivity contribution in [3.8, 4) is 5.69 Å². The molecule has 2 heterocycles. The molecule has 0 aliphatic carbocycles. The van der Waals surface area contributed by atoms with Gasteiger partial charge in [0.05, 0.1) is 17.0 Å². The van der Waals surface area contributed by atoms with Crippen LogP contribution in [0.4, 0.5) is 5.69 Å². The third-order valence-corrected chi connectivity index (χ3v) is 4.81. The van der Waals surface area contributed by atoms with E-state index in [1.165, 1.54) is 5.69 Å². The summed E-state index contributed by atoms with van der Waals surface area (Å²) in [7, 11) is 0. The fourth-order valence-corrected chi connectivity index (χ4v) is 3.72. The van der Waals surface area contributed by atoms with Crippen LogP contribution in [0.15, 0.2) is 48.8 Å². The molecule has 3 aromatic rings. The van der Waals surface area contributed by atoms with Gasteiger partial charge < -0.3 is 20.1 Å². The molecule has 134 valence electrons. The summed E-state index contributed by atoms with van der Waals surface area (Å²) in [5.41, 5.74) is 3.83. The van der Waals surface area contributed by atoms with Gasteiger partial charge in [0.1, 0.15) is 6.33 Å². The summed E-state index contributed by atoms with van der Waals surface area (Å²) in [5.74, 6) is -1.19. The SMILES string of the molecule is CC1CN(c2cccc(-n3cnc4cc(C(=O)[O-])ccc43)c2)CC(C)N1. The molecule has 2 atom stereocenters. The van der Waals surface area contributed by atoms with Crippen molar-refractivity contribution in [2.75, 3.05) is 18.0 Å². The van der Waals surface area contributed by atoms with E-state index < -0.39 is 5.97 Å². The van der Waals surface area contributed by atoms with Gasteiger partial charge in [0.2, 0.25) is 0 Å². The van der Waals surface area contributed by atoms with Crippen LogP contribution in [0.1, 0.15) is 24.2 Å². The minimum Gasteiger partial charge on any atom is -0.545 e. The van der Waals surface area contributed by atoms with Crippen LogP contribution >= 0.6 is 0 Å². The largest absolute Gasteiger partial charge is 0.545 e. The van der Waals surface area contributed by atoms with Crippen LogP contribution < -0.4 is 15.3 Å². The number of benzene rings is 2. The predicted octanol–water partition coefficient (Wildman–Crippen LogP) is 1.58. The van der Waals surface area contributed by atoms with Crippen molar-refractivity contribution in [3.05, 3.63) is 54.4 Å². The van der Waals surface area contributed by atoms with Crippen molar-refractivity contribution in [2.24, 2.45) is 0 Å². The predicted molar refractivity (Wildman–Crippen MR) is 99.7 cm³/mol. The smallest absolute Gasteiger partial charge is 0.100 e. The average molecular weight is 349 g/mol. The first-order valence-electron chi connectivity index (χ1n) is 8.81. The number of nitrogens with one attached hydrogen (secondary N) is 1. The summed E-state index contributed by atoms with van der Waals surface area (Å²) in [4.78, 5) is 17.8. The van der Waals surface area contributed by atoms with E-state index in [4.69, 9.17) is 0 Å². The molecule has 4 rings (SSSR count). The van der Waals surface area contributed by atoms with Crippen LogP contribution in [0.5, 0.6) is 0 Å². The van der Waals surface area contributed by atoms with Crippen molar-refractivity contribution < 1.29 is 9.90 Å². The maximum atomic E-state index is 11.0. The monoisotopic (exact) mass is 349 g/mol. The number of carbonyl (C=O) groups excluding carboxylic acids is 1. The molecule has 2 unspecified atom stereocenters. The lowest BCUT2D eigenvalue weighted by Crippen LogP contribution is -2.54. The molecule has 0 spiro atoms. The number of fused-ring (bicyclic) bond motifs is 1. The molecule has 1 aromatic heterocycles. The third kappa shape index (κ3) is 3.04. The third-order valence-electron chi connectivity index (χ3n) is 4.81. The van der Waals surface area contributed by atoms with Crippen LogP contribution in [0.3, 0.4) is 0 Å². The van der Waals surface area contributed by atoms with E-state index in [0.717, 1.165) is 24.3 Å². The second kappa shape index (κ2) is 6.46. The number of hydrogen-bond acceptors (Lipinski definition) is 5. The number of aromatic nitrogens is 2. The molecule has 2 aromatic carbocycles. The Hall–Kier alpha value is -2.86. The standard InChI is InChI=1S/C20H22N4O2/c1-13-10-23(11-14(2)22-13)16-4-3-5-17(9-16)24-12-21-18-8-15(20(25)26)6-7-19(18)24/h3-9,12-14,22H,10-11H2,1-2H3,(H,25,26)/p-1. The maximum absolute atomic E-state index is 11.0. The number of anilines is 1. The molecule has 0 radical (unpaired) electrons. The first-order valence-corrected chi connectivity index (χ1v) is 8.81. The van der Waals surface area contributed by atoms with Gasteiger partial charge in [-0.25, -0.2) is 4.98 Å². The Morgan fingerprint density at radius 2 is 1.85 bits per heavy atom. The first kappa shape index (κ1) is 16.6. The van der Waals surface area contributed by atoms with E-state index in [-0.39, 0.29) is 5.56 Å². The van der Waals surface area contributed by atoms with Gasteiger partial charge in [-0.3, -0.25) is 4.57 Å². The van der Waals surface area contributed by atoms with Gasteiger partial charge in [0, 0.05) is 36.5 Å². The molecule has 1 saturated heterocycles. The molecule has 1 fully saturated rings. The number of hydrogen-bond donors (Lipinski definition) is 1. The molecule has 0 amide bonds. The quantitative estimate of drug-likeness (QED) is 0.777. The molecule has 1 aliphatic heterocycles.